The van der Waals surface area contributed by atoms with E-state index in [-0.39, 0.29) is 16.6 Å². The molecule has 3 nitrogen and oxygen atoms in total. The third-order valence-electron chi connectivity index (χ3n) is 1.37. The number of amides is 2. The monoisotopic (exact) mass is 205 g/mol. The van der Waals surface area contributed by atoms with Crippen molar-refractivity contribution in [2.24, 2.45) is 0 Å². The quantitative estimate of drug-likeness (QED) is 0.503. The number of nitrogens with zero attached hydrogens (tertiary/aromatic N) is 1. The summed E-state index contributed by atoms with van der Waals surface area (Å²) in [5.74, 6) is -1.13. The molecule has 0 saturated heterocycles. The zero-order chi connectivity index (χ0) is 9.30. The molecule has 1 aliphatic heterocycles. The van der Waals surface area contributed by atoms with Gasteiger partial charge >= 0.3 is 0 Å². The minimum Gasteiger partial charge on any atom is -0.269 e. The van der Waals surface area contributed by atoms with Crippen LogP contribution in [0.4, 0.5) is 0 Å². The van der Waals surface area contributed by atoms with Crippen molar-refractivity contribution in [3.63, 3.8) is 0 Å². The van der Waals surface area contributed by atoms with Crippen LogP contribution in [-0.4, -0.2) is 23.3 Å². The summed E-state index contributed by atoms with van der Waals surface area (Å²) in [5, 5.41) is -0.438. The molecule has 0 N–H and O–H groups in total. The van der Waals surface area contributed by atoms with Crippen molar-refractivity contribution in [1.29, 1.82) is 0 Å². The standard InChI is InChI=1S/C7H5Cl2NO2/c1-2-3-10-6(11)4(8)5(9)7(10)12/h2H,1,3H2. The Morgan fingerprint density at radius 3 is 2.00 bits per heavy atom. The molecular weight excluding hydrogens is 201 g/mol. The summed E-state index contributed by atoms with van der Waals surface area (Å²) in [6, 6.07) is 0. The lowest BCUT2D eigenvalue weighted by Gasteiger charge is -2.09. The maximum absolute atomic E-state index is 11.1. The second kappa shape index (κ2) is 3.29. The fourth-order valence-corrected chi connectivity index (χ4v) is 1.18. The van der Waals surface area contributed by atoms with Crippen LogP contribution in [0.25, 0.3) is 0 Å². The highest BCUT2D eigenvalue weighted by Crippen LogP contribution is 2.25. The third-order valence-corrected chi connectivity index (χ3v) is 2.17. The predicted octanol–water partition coefficient (Wildman–Crippen LogP) is 1.23. The molecule has 0 aromatic heterocycles. The summed E-state index contributed by atoms with van der Waals surface area (Å²) in [6.45, 7) is 3.52. The van der Waals surface area contributed by atoms with Gasteiger partial charge < -0.3 is 0 Å². The van der Waals surface area contributed by atoms with E-state index in [1.54, 1.807) is 0 Å². The van der Waals surface area contributed by atoms with Crippen LogP contribution in [0.2, 0.25) is 0 Å². The molecule has 0 unspecified atom stereocenters. The normalized spacial score (nSPS) is 17.7. The van der Waals surface area contributed by atoms with E-state index in [0.717, 1.165) is 4.90 Å². The number of halogens is 2. The summed E-state index contributed by atoms with van der Waals surface area (Å²) < 4.78 is 0. The van der Waals surface area contributed by atoms with E-state index in [0.29, 0.717) is 0 Å². The molecule has 2 amide bonds. The lowest BCUT2D eigenvalue weighted by Crippen LogP contribution is -2.31. The Morgan fingerprint density at radius 2 is 1.67 bits per heavy atom. The first-order valence-corrected chi connectivity index (χ1v) is 3.87. The molecule has 0 spiro atoms. The van der Waals surface area contributed by atoms with E-state index in [1.807, 2.05) is 0 Å². The SMILES string of the molecule is C=CCN1C(=O)C(Cl)=C(Cl)C1=O. The largest absolute Gasteiger partial charge is 0.274 e. The van der Waals surface area contributed by atoms with Gasteiger partial charge in [0.05, 0.1) is 0 Å². The third kappa shape index (κ3) is 1.26. The molecular formula is C7H5Cl2NO2. The topological polar surface area (TPSA) is 37.4 Å². The van der Waals surface area contributed by atoms with Gasteiger partial charge in [0.2, 0.25) is 0 Å². The fraction of sp³-hybridized carbons (Fsp3) is 0.143. The first kappa shape index (κ1) is 9.29. The van der Waals surface area contributed by atoms with E-state index < -0.39 is 11.8 Å². The summed E-state index contributed by atoms with van der Waals surface area (Å²) in [5.41, 5.74) is 0. The van der Waals surface area contributed by atoms with Gasteiger partial charge in [-0.15, -0.1) is 6.58 Å². The summed E-state index contributed by atoms with van der Waals surface area (Å²) in [6.07, 6.45) is 1.43. The summed E-state index contributed by atoms with van der Waals surface area (Å²) >= 11 is 10.9. The maximum atomic E-state index is 11.1. The van der Waals surface area contributed by atoms with Gasteiger partial charge in [0.25, 0.3) is 11.8 Å². The van der Waals surface area contributed by atoms with E-state index >= 15 is 0 Å². The van der Waals surface area contributed by atoms with Crippen LogP contribution in [-0.2, 0) is 9.59 Å². The minimum absolute atomic E-state index is 0.129. The van der Waals surface area contributed by atoms with E-state index in [2.05, 4.69) is 6.58 Å². The molecule has 12 heavy (non-hydrogen) atoms. The number of imide groups is 1. The minimum atomic E-state index is -0.563. The highest BCUT2D eigenvalue weighted by atomic mass is 35.5. The Balaban J connectivity index is 2.95. The molecule has 0 radical (unpaired) electrons. The smallest absolute Gasteiger partial charge is 0.269 e. The average molecular weight is 206 g/mol. The Hall–Kier alpha value is -0.800. The van der Waals surface area contributed by atoms with E-state index in [1.165, 1.54) is 6.08 Å². The average Bonchev–Trinajstić information content (AvgIpc) is 2.23. The van der Waals surface area contributed by atoms with Crippen LogP contribution >= 0.6 is 23.2 Å². The Kier molecular flexibility index (Phi) is 2.55. The molecule has 0 saturated carbocycles. The van der Waals surface area contributed by atoms with Gasteiger partial charge in [-0.2, -0.15) is 0 Å². The summed E-state index contributed by atoms with van der Waals surface area (Å²) in [7, 11) is 0. The van der Waals surface area contributed by atoms with Crippen LogP contribution in [0.1, 0.15) is 0 Å². The molecule has 0 aromatic carbocycles. The Morgan fingerprint density at radius 1 is 1.25 bits per heavy atom. The lowest BCUT2D eigenvalue weighted by molar-refractivity contribution is -0.136. The van der Waals surface area contributed by atoms with Gasteiger partial charge in [-0.3, -0.25) is 14.5 Å². The highest BCUT2D eigenvalue weighted by Gasteiger charge is 2.35. The van der Waals surface area contributed by atoms with Crippen LogP contribution in [0.3, 0.4) is 0 Å². The van der Waals surface area contributed by atoms with Crippen molar-refractivity contribution in [3.8, 4) is 0 Å². The van der Waals surface area contributed by atoms with Gasteiger partial charge in [0.15, 0.2) is 0 Å². The van der Waals surface area contributed by atoms with E-state index in [9.17, 15) is 9.59 Å². The number of carbonyl (C=O) groups excluding carboxylic acids is 2. The summed E-state index contributed by atoms with van der Waals surface area (Å²) in [4.78, 5) is 23.1. The maximum Gasteiger partial charge on any atom is 0.274 e. The van der Waals surface area contributed by atoms with Crippen molar-refractivity contribution in [3.05, 3.63) is 22.7 Å². The van der Waals surface area contributed by atoms with Crippen molar-refractivity contribution in [2.45, 2.75) is 0 Å². The molecule has 1 aliphatic rings. The zero-order valence-corrected chi connectivity index (χ0v) is 7.52. The Bertz CT molecular complexity index is 272. The molecule has 5 heteroatoms. The number of hydrogen-bond donors (Lipinski definition) is 0. The van der Waals surface area contributed by atoms with Crippen LogP contribution < -0.4 is 0 Å². The lowest BCUT2D eigenvalue weighted by atomic mass is 10.5. The molecule has 1 heterocycles. The fourth-order valence-electron chi connectivity index (χ4n) is 0.812. The van der Waals surface area contributed by atoms with Crippen LogP contribution in [0.15, 0.2) is 22.7 Å². The molecule has 64 valence electrons. The second-order valence-electron chi connectivity index (χ2n) is 2.14. The molecule has 0 aromatic rings. The van der Waals surface area contributed by atoms with Crippen LogP contribution in [0.5, 0.6) is 0 Å². The molecule has 1 rings (SSSR count). The molecule has 0 fully saturated rings. The predicted molar refractivity (Wildman–Crippen MR) is 45.6 cm³/mol. The van der Waals surface area contributed by atoms with Gasteiger partial charge in [0, 0.05) is 6.54 Å². The van der Waals surface area contributed by atoms with Crippen LogP contribution in [0, 0.1) is 0 Å². The number of hydrogen-bond acceptors (Lipinski definition) is 2. The highest BCUT2D eigenvalue weighted by molar-refractivity contribution is 6.58. The molecule has 0 atom stereocenters. The first-order chi connectivity index (χ1) is 5.59. The van der Waals surface area contributed by atoms with Crippen molar-refractivity contribution >= 4 is 35.0 Å². The second-order valence-corrected chi connectivity index (χ2v) is 2.89. The van der Waals surface area contributed by atoms with Gasteiger partial charge in [0.1, 0.15) is 10.1 Å². The molecule has 0 bridgehead atoms. The number of rotatable bonds is 2. The Labute approximate surface area is 79.2 Å². The van der Waals surface area contributed by atoms with E-state index in [4.69, 9.17) is 23.2 Å². The van der Waals surface area contributed by atoms with Crippen molar-refractivity contribution in [1.82, 2.24) is 4.90 Å². The van der Waals surface area contributed by atoms with Gasteiger partial charge in [-0.25, -0.2) is 0 Å². The van der Waals surface area contributed by atoms with Gasteiger partial charge in [-0.1, -0.05) is 29.3 Å². The van der Waals surface area contributed by atoms with Crippen molar-refractivity contribution < 1.29 is 9.59 Å². The molecule has 0 aliphatic carbocycles. The number of carbonyl (C=O) groups is 2. The first-order valence-electron chi connectivity index (χ1n) is 3.12. The van der Waals surface area contributed by atoms with Gasteiger partial charge in [-0.05, 0) is 0 Å². The van der Waals surface area contributed by atoms with Crippen molar-refractivity contribution in [2.75, 3.05) is 6.54 Å². The zero-order valence-electron chi connectivity index (χ0n) is 6.01.